The summed E-state index contributed by atoms with van der Waals surface area (Å²) in [6.45, 7) is 6.16. The maximum Gasteiger partial charge on any atom is 0.0619 e. The van der Waals surface area contributed by atoms with Crippen molar-refractivity contribution < 1.29 is 9.84 Å². The van der Waals surface area contributed by atoms with Crippen molar-refractivity contribution in [2.45, 2.75) is 38.8 Å². The van der Waals surface area contributed by atoms with Crippen molar-refractivity contribution in [3.8, 4) is 0 Å². The van der Waals surface area contributed by atoms with Gasteiger partial charge in [0.25, 0.3) is 0 Å². The summed E-state index contributed by atoms with van der Waals surface area (Å²) in [5, 5.41) is 12.4. The lowest BCUT2D eigenvalue weighted by atomic mass is 10.0. The predicted molar refractivity (Wildman–Crippen MR) is 52.7 cm³/mol. The summed E-state index contributed by atoms with van der Waals surface area (Å²) in [7, 11) is 0. The van der Waals surface area contributed by atoms with E-state index < -0.39 is 0 Å². The van der Waals surface area contributed by atoms with Crippen molar-refractivity contribution in [1.82, 2.24) is 5.32 Å². The molecule has 0 aromatic rings. The first kappa shape index (κ1) is 11.0. The number of aliphatic hydroxyl groups is 1. The summed E-state index contributed by atoms with van der Waals surface area (Å²) < 4.78 is 5.37. The maximum absolute atomic E-state index is 8.96. The van der Waals surface area contributed by atoms with E-state index in [0.717, 1.165) is 19.6 Å². The molecule has 0 radical (unpaired) electrons. The molecular weight excluding hydrogens is 166 g/mol. The first-order valence-corrected chi connectivity index (χ1v) is 5.18. The van der Waals surface area contributed by atoms with Crippen LogP contribution in [-0.4, -0.2) is 37.0 Å². The molecule has 1 aliphatic rings. The third kappa shape index (κ3) is 3.63. The highest BCUT2D eigenvalue weighted by Gasteiger charge is 2.18. The third-order valence-corrected chi connectivity index (χ3v) is 2.80. The van der Waals surface area contributed by atoms with E-state index in [1.165, 1.54) is 6.42 Å². The molecule has 1 fully saturated rings. The minimum atomic E-state index is 0.252. The average Bonchev–Trinajstić information content (AvgIpc) is 2.18. The van der Waals surface area contributed by atoms with Gasteiger partial charge in [0.15, 0.2) is 0 Å². The Morgan fingerprint density at radius 1 is 1.54 bits per heavy atom. The summed E-state index contributed by atoms with van der Waals surface area (Å²) in [5.41, 5.74) is 0. The third-order valence-electron chi connectivity index (χ3n) is 2.80. The Kier molecular flexibility index (Phi) is 4.70. The Balaban J connectivity index is 2.21. The SMILES string of the molecule is CC(CO)C(C)NC1CCCOC1. The monoisotopic (exact) mass is 187 g/mol. The molecule has 0 saturated carbocycles. The minimum Gasteiger partial charge on any atom is -0.396 e. The number of rotatable bonds is 4. The number of nitrogens with one attached hydrogen (secondary N) is 1. The molecule has 0 spiro atoms. The Hall–Kier alpha value is -0.120. The first-order chi connectivity index (χ1) is 6.24. The van der Waals surface area contributed by atoms with Crippen LogP contribution in [-0.2, 0) is 4.74 Å². The van der Waals surface area contributed by atoms with E-state index in [2.05, 4.69) is 19.2 Å². The van der Waals surface area contributed by atoms with Gasteiger partial charge in [0.05, 0.1) is 6.61 Å². The summed E-state index contributed by atoms with van der Waals surface area (Å²) in [5.74, 6) is 0.321. The van der Waals surface area contributed by atoms with Crippen molar-refractivity contribution >= 4 is 0 Å². The lowest BCUT2D eigenvalue weighted by molar-refractivity contribution is 0.0621. The van der Waals surface area contributed by atoms with Crippen molar-refractivity contribution in [1.29, 1.82) is 0 Å². The van der Waals surface area contributed by atoms with Crippen LogP contribution in [0.2, 0.25) is 0 Å². The van der Waals surface area contributed by atoms with E-state index in [-0.39, 0.29) is 6.61 Å². The Labute approximate surface area is 80.5 Å². The zero-order valence-electron chi connectivity index (χ0n) is 8.62. The van der Waals surface area contributed by atoms with Crippen molar-refractivity contribution in [2.24, 2.45) is 5.92 Å². The molecule has 1 saturated heterocycles. The van der Waals surface area contributed by atoms with Gasteiger partial charge in [0, 0.05) is 25.3 Å². The van der Waals surface area contributed by atoms with Crippen molar-refractivity contribution in [3.05, 3.63) is 0 Å². The molecule has 0 aliphatic carbocycles. The summed E-state index contributed by atoms with van der Waals surface area (Å²) in [6, 6.07) is 0.856. The fourth-order valence-electron chi connectivity index (χ4n) is 1.57. The zero-order chi connectivity index (χ0) is 9.68. The van der Waals surface area contributed by atoms with Crippen molar-refractivity contribution in [3.63, 3.8) is 0 Å². The highest BCUT2D eigenvalue weighted by molar-refractivity contribution is 4.76. The van der Waals surface area contributed by atoms with E-state index in [9.17, 15) is 0 Å². The first-order valence-electron chi connectivity index (χ1n) is 5.18. The molecule has 3 atom stereocenters. The lowest BCUT2D eigenvalue weighted by Gasteiger charge is -2.29. The molecule has 1 aliphatic heterocycles. The normalized spacial score (nSPS) is 28.4. The minimum absolute atomic E-state index is 0.252. The average molecular weight is 187 g/mol. The summed E-state index contributed by atoms with van der Waals surface area (Å²) in [6.07, 6.45) is 2.35. The number of hydrogen-bond acceptors (Lipinski definition) is 3. The molecule has 3 unspecified atom stereocenters. The molecule has 3 heteroatoms. The highest BCUT2D eigenvalue weighted by Crippen LogP contribution is 2.09. The largest absolute Gasteiger partial charge is 0.396 e. The summed E-state index contributed by atoms with van der Waals surface area (Å²) >= 11 is 0. The van der Waals surface area contributed by atoms with E-state index in [4.69, 9.17) is 9.84 Å². The Bertz CT molecular complexity index is 135. The van der Waals surface area contributed by atoms with Gasteiger partial charge < -0.3 is 15.2 Å². The standard InChI is InChI=1S/C10H21NO2/c1-8(6-12)9(2)11-10-4-3-5-13-7-10/h8-12H,3-7H2,1-2H3. The van der Waals surface area contributed by atoms with Crippen LogP contribution in [0.5, 0.6) is 0 Å². The van der Waals surface area contributed by atoms with E-state index in [1.54, 1.807) is 0 Å². The Morgan fingerprint density at radius 2 is 2.31 bits per heavy atom. The van der Waals surface area contributed by atoms with E-state index in [1.807, 2.05) is 0 Å². The van der Waals surface area contributed by atoms with Gasteiger partial charge in [0.2, 0.25) is 0 Å². The smallest absolute Gasteiger partial charge is 0.0619 e. The van der Waals surface area contributed by atoms with Gasteiger partial charge in [-0.3, -0.25) is 0 Å². The quantitative estimate of drug-likeness (QED) is 0.683. The number of aliphatic hydroxyl groups excluding tert-OH is 1. The molecule has 0 bridgehead atoms. The second kappa shape index (κ2) is 5.58. The van der Waals surface area contributed by atoms with Gasteiger partial charge in [-0.15, -0.1) is 0 Å². The molecule has 13 heavy (non-hydrogen) atoms. The van der Waals surface area contributed by atoms with Gasteiger partial charge in [0.1, 0.15) is 0 Å². The molecule has 0 aromatic heterocycles. The second-order valence-corrected chi connectivity index (χ2v) is 4.03. The van der Waals surface area contributed by atoms with Crippen LogP contribution in [0.3, 0.4) is 0 Å². The maximum atomic E-state index is 8.96. The van der Waals surface area contributed by atoms with Crippen LogP contribution in [0.4, 0.5) is 0 Å². The molecule has 1 rings (SSSR count). The number of ether oxygens (including phenoxy) is 1. The second-order valence-electron chi connectivity index (χ2n) is 4.03. The molecular formula is C10H21NO2. The fraction of sp³-hybridized carbons (Fsp3) is 1.00. The van der Waals surface area contributed by atoms with Crippen LogP contribution in [0.25, 0.3) is 0 Å². The van der Waals surface area contributed by atoms with Crippen LogP contribution < -0.4 is 5.32 Å². The van der Waals surface area contributed by atoms with Gasteiger partial charge in [-0.25, -0.2) is 0 Å². The van der Waals surface area contributed by atoms with Crippen molar-refractivity contribution in [2.75, 3.05) is 19.8 Å². The van der Waals surface area contributed by atoms with Crippen LogP contribution in [0.15, 0.2) is 0 Å². The summed E-state index contributed by atoms with van der Waals surface area (Å²) in [4.78, 5) is 0. The van der Waals surface area contributed by atoms with Crippen LogP contribution in [0.1, 0.15) is 26.7 Å². The molecule has 2 N–H and O–H groups in total. The van der Waals surface area contributed by atoms with Crippen LogP contribution in [0, 0.1) is 5.92 Å². The fourth-order valence-corrected chi connectivity index (χ4v) is 1.57. The molecule has 1 heterocycles. The van der Waals surface area contributed by atoms with E-state index >= 15 is 0 Å². The molecule has 3 nitrogen and oxygen atoms in total. The molecule has 0 aromatic carbocycles. The molecule has 78 valence electrons. The van der Waals surface area contributed by atoms with Gasteiger partial charge in [-0.2, -0.15) is 0 Å². The Morgan fingerprint density at radius 3 is 2.85 bits per heavy atom. The van der Waals surface area contributed by atoms with Gasteiger partial charge in [-0.1, -0.05) is 6.92 Å². The van der Waals surface area contributed by atoms with Gasteiger partial charge >= 0.3 is 0 Å². The lowest BCUT2D eigenvalue weighted by Crippen LogP contribution is -2.45. The molecule has 0 amide bonds. The topological polar surface area (TPSA) is 41.5 Å². The van der Waals surface area contributed by atoms with E-state index in [0.29, 0.717) is 18.0 Å². The van der Waals surface area contributed by atoms with Crippen LogP contribution >= 0.6 is 0 Å². The predicted octanol–water partition coefficient (Wildman–Crippen LogP) is 0.772. The zero-order valence-corrected chi connectivity index (χ0v) is 8.62. The van der Waals surface area contributed by atoms with Gasteiger partial charge in [-0.05, 0) is 25.7 Å². The highest BCUT2D eigenvalue weighted by atomic mass is 16.5. The number of hydrogen-bond donors (Lipinski definition) is 2.